The van der Waals surface area contributed by atoms with E-state index < -0.39 is 17.6 Å². The third kappa shape index (κ3) is 4.50. The third-order valence-corrected chi connectivity index (χ3v) is 3.78. The average molecular weight is 359 g/mol. The zero-order chi connectivity index (χ0) is 18.6. The van der Waals surface area contributed by atoms with E-state index >= 15 is 0 Å². The predicted molar refractivity (Wildman–Crippen MR) is 91.5 cm³/mol. The van der Waals surface area contributed by atoms with E-state index in [-0.39, 0.29) is 6.42 Å². The van der Waals surface area contributed by atoms with Crippen LogP contribution in [0.15, 0.2) is 66.9 Å². The number of nitrogens with zero attached hydrogens (tertiary/aromatic N) is 2. The fraction of sp³-hybridized carbons (Fsp3) is 0.158. The molecule has 4 nitrogen and oxygen atoms in total. The van der Waals surface area contributed by atoms with Gasteiger partial charge in [-0.1, -0.05) is 48.5 Å². The molecule has 2 aromatic carbocycles. The van der Waals surface area contributed by atoms with E-state index in [1.54, 1.807) is 16.9 Å². The summed E-state index contributed by atoms with van der Waals surface area (Å²) in [5.41, 5.74) is 0.549. The molecule has 1 N–H and O–H groups in total. The Morgan fingerprint density at radius 2 is 1.73 bits per heavy atom. The molecule has 1 aromatic heterocycles. The highest BCUT2D eigenvalue weighted by atomic mass is 19.4. The van der Waals surface area contributed by atoms with Crippen molar-refractivity contribution in [3.63, 3.8) is 0 Å². The standard InChI is InChI=1S/C19H16F3N3O/c20-19(21,22)16-8-4-7-15(11-16)12-18(26)24-17-9-10-23-25(17)13-14-5-2-1-3-6-14/h1-11H,12-13H2,(H,24,26). The summed E-state index contributed by atoms with van der Waals surface area (Å²) in [5, 5.41) is 6.87. The highest BCUT2D eigenvalue weighted by Crippen LogP contribution is 2.29. The second-order valence-corrected chi connectivity index (χ2v) is 5.78. The smallest absolute Gasteiger partial charge is 0.311 e. The molecule has 0 aliphatic carbocycles. The number of benzene rings is 2. The lowest BCUT2D eigenvalue weighted by atomic mass is 10.1. The SMILES string of the molecule is O=C(Cc1cccc(C(F)(F)F)c1)Nc1ccnn1Cc1ccccc1. The van der Waals surface area contributed by atoms with Crippen LogP contribution in [0, 0.1) is 0 Å². The van der Waals surface area contributed by atoms with Gasteiger partial charge in [0.1, 0.15) is 5.82 Å². The maximum Gasteiger partial charge on any atom is 0.416 e. The zero-order valence-electron chi connectivity index (χ0n) is 13.7. The summed E-state index contributed by atoms with van der Waals surface area (Å²) in [6.45, 7) is 0.479. The van der Waals surface area contributed by atoms with Gasteiger partial charge in [-0.2, -0.15) is 18.3 Å². The molecule has 0 atom stereocenters. The molecule has 1 amide bonds. The summed E-state index contributed by atoms with van der Waals surface area (Å²) in [7, 11) is 0. The Labute approximate surface area is 148 Å². The van der Waals surface area contributed by atoms with Crippen molar-refractivity contribution < 1.29 is 18.0 Å². The Bertz CT molecular complexity index is 888. The van der Waals surface area contributed by atoms with E-state index in [0.29, 0.717) is 17.9 Å². The van der Waals surface area contributed by atoms with Crippen molar-refractivity contribution in [1.29, 1.82) is 0 Å². The molecule has 0 spiro atoms. The minimum absolute atomic E-state index is 0.152. The second-order valence-electron chi connectivity index (χ2n) is 5.78. The molecule has 3 aromatic rings. The van der Waals surface area contributed by atoms with Crippen LogP contribution in [0.5, 0.6) is 0 Å². The molecule has 0 aliphatic heterocycles. The minimum Gasteiger partial charge on any atom is -0.311 e. The van der Waals surface area contributed by atoms with Crippen LogP contribution in [0.25, 0.3) is 0 Å². The van der Waals surface area contributed by atoms with Gasteiger partial charge in [0.25, 0.3) is 0 Å². The molecule has 0 radical (unpaired) electrons. The van der Waals surface area contributed by atoms with Gasteiger partial charge in [0, 0.05) is 6.07 Å². The van der Waals surface area contributed by atoms with Gasteiger partial charge < -0.3 is 5.32 Å². The van der Waals surface area contributed by atoms with Crippen molar-refractivity contribution in [2.45, 2.75) is 19.1 Å². The number of hydrogen-bond acceptors (Lipinski definition) is 2. The molecule has 0 fully saturated rings. The van der Waals surface area contributed by atoms with Gasteiger partial charge in [-0.05, 0) is 17.2 Å². The van der Waals surface area contributed by atoms with Crippen molar-refractivity contribution >= 4 is 11.7 Å². The predicted octanol–water partition coefficient (Wildman–Crippen LogP) is 4.13. The van der Waals surface area contributed by atoms with E-state index in [1.807, 2.05) is 30.3 Å². The van der Waals surface area contributed by atoms with E-state index in [0.717, 1.165) is 17.7 Å². The van der Waals surface area contributed by atoms with Gasteiger partial charge in [-0.25, -0.2) is 4.68 Å². The van der Waals surface area contributed by atoms with Crippen LogP contribution >= 0.6 is 0 Å². The van der Waals surface area contributed by atoms with Crippen molar-refractivity contribution in [2.75, 3.05) is 5.32 Å². The fourth-order valence-electron chi connectivity index (χ4n) is 2.55. The van der Waals surface area contributed by atoms with Gasteiger partial charge in [0.05, 0.1) is 24.7 Å². The van der Waals surface area contributed by atoms with Crippen molar-refractivity contribution in [3.8, 4) is 0 Å². The molecule has 7 heteroatoms. The second kappa shape index (κ2) is 7.43. The molecule has 0 bridgehead atoms. The van der Waals surface area contributed by atoms with E-state index in [4.69, 9.17) is 0 Å². The summed E-state index contributed by atoms with van der Waals surface area (Å²) in [4.78, 5) is 12.2. The van der Waals surface area contributed by atoms with E-state index in [2.05, 4.69) is 10.4 Å². The van der Waals surface area contributed by atoms with Gasteiger partial charge >= 0.3 is 6.18 Å². The Kier molecular flexibility index (Phi) is 5.06. The topological polar surface area (TPSA) is 46.9 Å². The maximum atomic E-state index is 12.8. The lowest BCUT2D eigenvalue weighted by molar-refractivity contribution is -0.137. The Morgan fingerprint density at radius 3 is 2.46 bits per heavy atom. The largest absolute Gasteiger partial charge is 0.416 e. The summed E-state index contributed by atoms with van der Waals surface area (Å²) in [6.07, 6.45) is -3.02. The Hall–Kier alpha value is -3.09. The molecule has 1 heterocycles. The molecular formula is C19H16F3N3O. The number of amides is 1. The first-order valence-corrected chi connectivity index (χ1v) is 7.93. The van der Waals surface area contributed by atoms with Crippen molar-refractivity contribution in [3.05, 3.63) is 83.6 Å². The minimum atomic E-state index is -4.43. The lowest BCUT2D eigenvalue weighted by Crippen LogP contribution is -2.18. The number of carbonyl (C=O) groups excluding carboxylic acids is 1. The Morgan fingerprint density at radius 1 is 1.00 bits per heavy atom. The van der Waals surface area contributed by atoms with Crippen LogP contribution in [0.2, 0.25) is 0 Å². The van der Waals surface area contributed by atoms with Crippen LogP contribution in [0.4, 0.5) is 19.0 Å². The summed E-state index contributed by atoms with van der Waals surface area (Å²) >= 11 is 0. The van der Waals surface area contributed by atoms with Gasteiger partial charge in [0.2, 0.25) is 5.91 Å². The van der Waals surface area contributed by atoms with Crippen LogP contribution < -0.4 is 5.32 Å². The summed E-state index contributed by atoms with van der Waals surface area (Å²) < 4.78 is 39.9. The number of halogens is 3. The highest BCUT2D eigenvalue weighted by Gasteiger charge is 2.30. The van der Waals surface area contributed by atoms with Crippen LogP contribution in [0.3, 0.4) is 0 Å². The number of rotatable bonds is 5. The van der Waals surface area contributed by atoms with Crippen LogP contribution in [-0.4, -0.2) is 15.7 Å². The first-order valence-electron chi connectivity index (χ1n) is 7.93. The monoisotopic (exact) mass is 359 g/mol. The first-order chi connectivity index (χ1) is 12.4. The summed E-state index contributed by atoms with van der Waals surface area (Å²) in [5.74, 6) is 0.0879. The molecular weight excluding hydrogens is 343 g/mol. The highest BCUT2D eigenvalue weighted by molar-refractivity contribution is 5.91. The Balaban J connectivity index is 1.67. The normalized spacial score (nSPS) is 11.3. The molecule has 3 rings (SSSR count). The molecule has 134 valence electrons. The number of hydrogen-bond donors (Lipinski definition) is 1. The first kappa shape index (κ1) is 17.7. The van der Waals surface area contributed by atoms with Crippen molar-refractivity contribution in [2.24, 2.45) is 0 Å². The van der Waals surface area contributed by atoms with Crippen molar-refractivity contribution in [1.82, 2.24) is 9.78 Å². The van der Waals surface area contributed by atoms with Crippen LogP contribution in [-0.2, 0) is 23.9 Å². The van der Waals surface area contributed by atoms with Gasteiger partial charge in [0.15, 0.2) is 0 Å². The molecule has 0 saturated heterocycles. The number of anilines is 1. The zero-order valence-corrected chi connectivity index (χ0v) is 13.7. The van der Waals surface area contributed by atoms with E-state index in [1.165, 1.54) is 12.1 Å². The van der Waals surface area contributed by atoms with Gasteiger partial charge in [-0.3, -0.25) is 4.79 Å². The molecule has 26 heavy (non-hydrogen) atoms. The lowest BCUT2D eigenvalue weighted by Gasteiger charge is -2.11. The van der Waals surface area contributed by atoms with E-state index in [9.17, 15) is 18.0 Å². The maximum absolute atomic E-state index is 12.8. The number of nitrogens with one attached hydrogen (secondary N) is 1. The average Bonchev–Trinajstić information content (AvgIpc) is 3.02. The quantitative estimate of drug-likeness (QED) is 0.745. The number of alkyl halides is 3. The van der Waals surface area contributed by atoms with Crippen LogP contribution in [0.1, 0.15) is 16.7 Å². The third-order valence-electron chi connectivity index (χ3n) is 3.78. The molecule has 0 unspecified atom stereocenters. The summed E-state index contributed by atoms with van der Waals surface area (Å²) in [6, 6.07) is 16.0. The van der Waals surface area contributed by atoms with Gasteiger partial charge in [-0.15, -0.1) is 0 Å². The fourth-order valence-corrected chi connectivity index (χ4v) is 2.55. The molecule has 0 aliphatic rings. The number of aromatic nitrogens is 2. The number of carbonyl (C=O) groups is 1. The molecule has 0 saturated carbocycles.